The second-order valence-corrected chi connectivity index (χ2v) is 9.35. The quantitative estimate of drug-likeness (QED) is 0.238. The number of carbonyl (C=O) groups is 4. The van der Waals surface area contributed by atoms with E-state index in [-0.39, 0.29) is 30.4 Å². The van der Waals surface area contributed by atoms with Crippen LogP contribution in [0.25, 0.3) is 0 Å². The lowest BCUT2D eigenvalue weighted by molar-refractivity contribution is -0.140. The molecule has 0 heterocycles. The third kappa shape index (κ3) is 10.8. The number of carboxylic acid groups (broad SMARTS) is 1. The highest BCUT2D eigenvalue weighted by Gasteiger charge is 2.36. The van der Waals surface area contributed by atoms with E-state index < -0.39 is 48.0 Å². The Labute approximate surface area is 218 Å². The molecule has 0 fully saturated rings. The molecule has 10 heteroatoms. The van der Waals surface area contributed by atoms with E-state index in [1.165, 1.54) is 12.1 Å². The maximum absolute atomic E-state index is 12.4. The molecule has 3 N–H and O–H groups in total. The molecule has 0 radical (unpaired) electrons. The van der Waals surface area contributed by atoms with E-state index in [9.17, 15) is 24.3 Å². The highest BCUT2D eigenvalue weighted by molar-refractivity contribution is 5.77. The molecule has 0 aromatic heterocycles. The van der Waals surface area contributed by atoms with Gasteiger partial charge in [-0.25, -0.2) is 4.79 Å². The average molecular weight is 524 g/mol. The van der Waals surface area contributed by atoms with Crippen LogP contribution in [0, 0.1) is 5.92 Å². The number of nitrogens with two attached hydrogens (primary N) is 1. The van der Waals surface area contributed by atoms with Gasteiger partial charge in [0.25, 0.3) is 0 Å². The lowest BCUT2D eigenvalue weighted by atomic mass is 9.79. The molecule has 0 aliphatic rings. The van der Waals surface area contributed by atoms with Crippen LogP contribution in [0.4, 0.5) is 4.79 Å². The van der Waals surface area contributed by atoms with Crippen molar-refractivity contribution in [1.82, 2.24) is 0 Å². The van der Waals surface area contributed by atoms with Crippen molar-refractivity contribution in [3.05, 3.63) is 23.8 Å². The number of ether oxygens (including phenoxy) is 4. The van der Waals surface area contributed by atoms with Crippen molar-refractivity contribution in [1.29, 1.82) is 0 Å². The van der Waals surface area contributed by atoms with Gasteiger partial charge in [-0.2, -0.15) is 0 Å². The lowest BCUT2D eigenvalue weighted by Gasteiger charge is -2.31. The molecule has 0 saturated heterocycles. The van der Waals surface area contributed by atoms with Gasteiger partial charge in [0, 0.05) is 24.7 Å². The monoisotopic (exact) mass is 523 g/mol. The first-order valence-corrected chi connectivity index (χ1v) is 12.8. The molecular formula is C27H41NO9. The Morgan fingerprint density at radius 2 is 1.41 bits per heavy atom. The molecule has 0 aliphatic heterocycles. The molecule has 0 saturated carbocycles. The number of benzene rings is 1. The van der Waals surface area contributed by atoms with Crippen molar-refractivity contribution in [2.75, 3.05) is 0 Å². The molecule has 0 bridgehead atoms. The molecule has 4 atom stereocenters. The maximum Gasteiger partial charge on any atom is 0.508 e. The third-order valence-electron chi connectivity index (χ3n) is 5.86. The Kier molecular flexibility index (Phi) is 13.7. The third-order valence-corrected chi connectivity index (χ3v) is 5.86. The van der Waals surface area contributed by atoms with Gasteiger partial charge in [0.15, 0.2) is 11.5 Å². The summed E-state index contributed by atoms with van der Waals surface area (Å²) in [6.45, 7) is 10.6. The van der Waals surface area contributed by atoms with Gasteiger partial charge in [0.1, 0.15) is 12.1 Å². The van der Waals surface area contributed by atoms with Crippen molar-refractivity contribution >= 4 is 24.1 Å². The van der Waals surface area contributed by atoms with Crippen LogP contribution < -0.4 is 15.2 Å². The maximum atomic E-state index is 12.4. The van der Waals surface area contributed by atoms with Crippen LogP contribution in [-0.2, 0) is 23.9 Å². The molecule has 1 aromatic rings. The van der Waals surface area contributed by atoms with Gasteiger partial charge in [-0.3, -0.25) is 14.4 Å². The van der Waals surface area contributed by atoms with E-state index in [0.29, 0.717) is 18.4 Å². The Morgan fingerprint density at radius 1 is 0.865 bits per heavy atom. The smallest absolute Gasteiger partial charge is 0.480 e. The zero-order valence-corrected chi connectivity index (χ0v) is 22.7. The first-order chi connectivity index (χ1) is 17.4. The van der Waals surface area contributed by atoms with Gasteiger partial charge in [0.2, 0.25) is 0 Å². The largest absolute Gasteiger partial charge is 0.508 e. The average Bonchev–Trinajstić information content (AvgIpc) is 2.82. The van der Waals surface area contributed by atoms with Crippen molar-refractivity contribution in [2.24, 2.45) is 11.7 Å². The van der Waals surface area contributed by atoms with Crippen molar-refractivity contribution < 1.29 is 43.2 Å². The minimum Gasteiger partial charge on any atom is -0.480 e. The summed E-state index contributed by atoms with van der Waals surface area (Å²) in [4.78, 5) is 48.6. The van der Waals surface area contributed by atoms with Gasteiger partial charge >= 0.3 is 24.1 Å². The topological polar surface area (TPSA) is 151 Å². The van der Waals surface area contributed by atoms with Gasteiger partial charge in [-0.15, -0.1) is 0 Å². The van der Waals surface area contributed by atoms with Crippen LogP contribution >= 0.6 is 0 Å². The molecule has 0 aliphatic carbocycles. The second kappa shape index (κ2) is 15.9. The van der Waals surface area contributed by atoms with Gasteiger partial charge < -0.3 is 29.8 Å². The number of hydrogen-bond donors (Lipinski definition) is 2. The lowest BCUT2D eigenvalue weighted by Crippen LogP contribution is -2.42. The molecule has 1 rings (SSSR count). The van der Waals surface area contributed by atoms with Crippen LogP contribution in [0.3, 0.4) is 0 Å². The van der Waals surface area contributed by atoms with E-state index in [4.69, 9.17) is 24.7 Å². The number of aliphatic carboxylic acids is 1. The summed E-state index contributed by atoms with van der Waals surface area (Å²) in [5, 5.41) is 9.70. The van der Waals surface area contributed by atoms with E-state index >= 15 is 0 Å². The van der Waals surface area contributed by atoms with E-state index in [1.807, 2.05) is 13.8 Å². The highest BCUT2D eigenvalue weighted by atomic mass is 16.7. The minimum atomic E-state index is -1.37. The summed E-state index contributed by atoms with van der Waals surface area (Å²) in [5.74, 6) is -3.63. The van der Waals surface area contributed by atoms with E-state index in [0.717, 1.165) is 12.8 Å². The molecule has 3 unspecified atom stereocenters. The minimum absolute atomic E-state index is 0.00831. The molecule has 10 nitrogen and oxygen atoms in total. The summed E-state index contributed by atoms with van der Waals surface area (Å²) >= 11 is 0. The van der Waals surface area contributed by atoms with Gasteiger partial charge in [-0.1, -0.05) is 39.7 Å². The van der Waals surface area contributed by atoms with Crippen LogP contribution in [0.1, 0.15) is 91.5 Å². The van der Waals surface area contributed by atoms with Crippen molar-refractivity contribution in [2.45, 2.75) is 104 Å². The SMILES string of the molecule is CCCCC(=O)Oc1ccc(C(C(C)C(C)OC(=O)OC(C)C)[C@H](N)C(=O)O)cc1OC(=O)CCCC. The van der Waals surface area contributed by atoms with Gasteiger partial charge in [0.05, 0.1) is 6.10 Å². The molecule has 37 heavy (non-hydrogen) atoms. The molecule has 0 spiro atoms. The number of esters is 2. The molecule has 1 aromatic carbocycles. The zero-order chi connectivity index (χ0) is 28.1. The first kappa shape index (κ1) is 31.9. The predicted octanol–water partition coefficient (Wildman–Crippen LogP) is 4.96. The van der Waals surface area contributed by atoms with Crippen LogP contribution in [-0.4, -0.2) is 47.4 Å². The number of hydrogen-bond acceptors (Lipinski definition) is 9. The first-order valence-electron chi connectivity index (χ1n) is 12.8. The Hall–Kier alpha value is -3.14. The number of carbonyl (C=O) groups excluding carboxylic acids is 3. The highest BCUT2D eigenvalue weighted by Crippen LogP contribution is 2.37. The van der Waals surface area contributed by atoms with E-state index in [2.05, 4.69) is 0 Å². The normalized spacial score (nSPS) is 14.3. The summed E-state index contributed by atoms with van der Waals surface area (Å²) in [6.07, 6.45) is 1.21. The fraction of sp³-hybridized carbons (Fsp3) is 0.630. The Balaban J connectivity index is 3.38. The summed E-state index contributed by atoms with van der Waals surface area (Å²) in [7, 11) is 0. The summed E-state index contributed by atoms with van der Waals surface area (Å²) in [6, 6.07) is 3.10. The summed E-state index contributed by atoms with van der Waals surface area (Å²) in [5.41, 5.74) is 6.49. The standard InChI is InChI=1S/C27H41NO9/c1-7-9-11-22(29)36-20-14-13-19(15-21(20)37-23(30)12-10-8-2)24(25(28)26(31)32)17(5)18(6)35-27(33)34-16(3)4/h13-18,24-25H,7-12,28H2,1-6H3,(H,31,32)/t17?,18?,24?,25-/m0/s1. The molecule has 208 valence electrons. The van der Waals surface area contributed by atoms with Crippen LogP contribution in [0.15, 0.2) is 18.2 Å². The van der Waals surface area contributed by atoms with Crippen LogP contribution in [0.5, 0.6) is 11.5 Å². The Bertz CT molecular complexity index is 915. The number of carboxylic acids is 1. The molecular weight excluding hydrogens is 482 g/mol. The second-order valence-electron chi connectivity index (χ2n) is 9.35. The number of rotatable bonds is 15. The summed E-state index contributed by atoms with van der Waals surface area (Å²) < 4.78 is 21.3. The van der Waals surface area contributed by atoms with E-state index in [1.54, 1.807) is 33.8 Å². The fourth-order valence-corrected chi connectivity index (χ4v) is 3.65. The molecule has 0 amide bonds. The van der Waals surface area contributed by atoms with Gasteiger partial charge in [-0.05, 0) is 51.3 Å². The zero-order valence-electron chi connectivity index (χ0n) is 22.7. The van der Waals surface area contributed by atoms with Crippen molar-refractivity contribution in [3.8, 4) is 11.5 Å². The fourth-order valence-electron chi connectivity index (χ4n) is 3.65. The van der Waals surface area contributed by atoms with Crippen molar-refractivity contribution in [3.63, 3.8) is 0 Å². The Morgan fingerprint density at radius 3 is 1.89 bits per heavy atom. The predicted molar refractivity (Wildman–Crippen MR) is 136 cm³/mol. The number of unbranched alkanes of at least 4 members (excludes halogenated alkanes) is 2. The van der Waals surface area contributed by atoms with Crippen LogP contribution in [0.2, 0.25) is 0 Å².